The number of anilines is 1. The molecule has 0 unspecified atom stereocenters. The minimum atomic E-state index is -0.243. The van der Waals surface area contributed by atoms with Crippen LogP contribution in [0.15, 0.2) is 48.8 Å². The molecule has 1 fully saturated rings. The van der Waals surface area contributed by atoms with Gasteiger partial charge >= 0.3 is 0 Å². The van der Waals surface area contributed by atoms with Gasteiger partial charge in [-0.3, -0.25) is 14.6 Å². The summed E-state index contributed by atoms with van der Waals surface area (Å²) in [5.74, 6) is 6.39. The van der Waals surface area contributed by atoms with Gasteiger partial charge in [-0.05, 0) is 49.2 Å². The lowest BCUT2D eigenvalue weighted by Crippen LogP contribution is -2.35. The lowest BCUT2D eigenvalue weighted by Gasteiger charge is -2.26. The van der Waals surface area contributed by atoms with Crippen LogP contribution in [-0.4, -0.2) is 36.5 Å². The van der Waals surface area contributed by atoms with Gasteiger partial charge in [0.1, 0.15) is 5.75 Å². The van der Waals surface area contributed by atoms with Gasteiger partial charge < -0.3 is 15.0 Å². The predicted molar refractivity (Wildman–Crippen MR) is 102 cm³/mol. The smallest absolute Gasteiger partial charge is 0.258 e. The zero-order valence-electron chi connectivity index (χ0n) is 15.0. The quantitative estimate of drug-likeness (QED) is 0.827. The van der Waals surface area contributed by atoms with Crippen molar-refractivity contribution in [2.75, 3.05) is 24.6 Å². The van der Waals surface area contributed by atoms with Crippen molar-refractivity contribution < 1.29 is 14.3 Å². The molecule has 0 atom stereocenters. The lowest BCUT2D eigenvalue weighted by molar-refractivity contribution is -0.123. The van der Waals surface area contributed by atoms with Crippen LogP contribution in [0.1, 0.15) is 24.8 Å². The molecule has 0 bridgehead atoms. The molecule has 1 aromatic carbocycles. The molecular formula is C21H21N3O3. The molecule has 2 amide bonds. The Kier molecular flexibility index (Phi) is 6.42. The highest BCUT2D eigenvalue weighted by atomic mass is 16.5. The largest absolute Gasteiger partial charge is 0.482 e. The molecule has 0 aliphatic carbocycles. The normalized spacial score (nSPS) is 13.5. The van der Waals surface area contributed by atoms with E-state index in [1.165, 1.54) is 0 Å². The van der Waals surface area contributed by atoms with Crippen LogP contribution in [0.25, 0.3) is 0 Å². The van der Waals surface area contributed by atoms with Crippen molar-refractivity contribution in [2.24, 2.45) is 0 Å². The first-order valence-electron chi connectivity index (χ1n) is 8.91. The number of nitrogens with one attached hydrogen (secondary N) is 1. The molecule has 1 aliphatic rings. The van der Waals surface area contributed by atoms with Crippen LogP contribution in [0.2, 0.25) is 0 Å². The number of aromatic nitrogens is 1. The molecule has 1 N–H and O–H groups in total. The fourth-order valence-electron chi connectivity index (χ4n) is 2.73. The van der Waals surface area contributed by atoms with E-state index in [-0.39, 0.29) is 25.0 Å². The minimum absolute atomic E-state index is 0.0774. The Morgan fingerprint density at radius 1 is 1.22 bits per heavy atom. The minimum Gasteiger partial charge on any atom is -0.482 e. The van der Waals surface area contributed by atoms with Gasteiger partial charge in [0.05, 0.1) is 12.7 Å². The van der Waals surface area contributed by atoms with Gasteiger partial charge in [-0.15, -0.1) is 0 Å². The Hall–Kier alpha value is -3.33. The van der Waals surface area contributed by atoms with E-state index >= 15 is 0 Å². The van der Waals surface area contributed by atoms with Crippen molar-refractivity contribution in [3.05, 3.63) is 54.4 Å². The third-order valence-corrected chi connectivity index (χ3v) is 4.11. The van der Waals surface area contributed by atoms with Gasteiger partial charge in [0.2, 0.25) is 5.91 Å². The first-order chi connectivity index (χ1) is 13.2. The van der Waals surface area contributed by atoms with Crippen molar-refractivity contribution in [3.8, 4) is 17.6 Å². The van der Waals surface area contributed by atoms with E-state index < -0.39 is 0 Å². The topological polar surface area (TPSA) is 71.5 Å². The van der Waals surface area contributed by atoms with Crippen molar-refractivity contribution in [1.29, 1.82) is 0 Å². The molecule has 6 heteroatoms. The molecule has 0 spiro atoms. The second-order valence-corrected chi connectivity index (χ2v) is 6.11. The average Bonchev–Trinajstić information content (AvgIpc) is 2.71. The van der Waals surface area contributed by atoms with Crippen LogP contribution in [-0.2, 0) is 9.59 Å². The molecule has 2 heterocycles. The number of pyridine rings is 1. The SMILES string of the molecule is O=C(COc1cccnc1)NCC#Cc1ccc(N2CCCCC2=O)cc1. The Labute approximate surface area is 158 Å². The zero-order valence-corrected chi connectivity index (χ0v) is 15.0. The maximum absolute atomic E-state index is 11.9. The fourth-order valence-corrected chi connectivity index (χ4v) is 2.73. The molecule has 1 aromatic heterocycles. The summed E-state index contributed by atoms with van der Waals surface area (Å²) in [6, 6.07) is 11.1. The molecule has 27 heavy (non-hydrogen) atoms. The number of piperidine rings is 1. The first kappa shape index (κ1) is 18.5. The monoisotopic (exact) mass is 363 g/mol. The zero-order chi connectivity index (χ0) is 18.9. The molecule has 2 aromatic rings. The van der Waals surface area contributed by atoms with Crippen LogP contribution >= 0.6 is 0 Å². The van der Waals surface area contributed by atoms with Crippen molar-refractivity contribution in [3.63, 3.8) is 0 Å². The Morgan fingerprint density at radius 3 is 2.81 bits per heavy atom. The molecule has 6 nitrogen and oxygen atoms in total. The summed E-state index contributed by atoms with van der Waals surface area (Å²) < 4.78 is 5.31. The maximum Gasteiger partial charge on any atom is 0.258 e. The number of carbonyl (C=O) groups is 2. The molecular weight excluding hydrogens is 342 g/mol. The van der Waals surface area contributed by atoms with Crippen LogP contribution in [0, 0.1) is 11.8 Å². The van der Waals surface area contributed by atoms with Crippen LogP contribution in [0.4, 0.5) is 5.69 Å². The van der Waals surface area contributed by atoms with Crippen LogP contribution < -0.4 is 15.0 Å². The molecule has 3 rings (SSSR count). The summed E-state index contributed by atoms with van der Waals surface area (Å²) in [4.78, 5) is 29.4. The molecule has 0 radical (unpaired) electrons. The van der Waals surface area contributed by atoms with E-state index in [4.69, 9.17) is 4.74 Å². The molecule has 138 valence electrons. The Morgan fingerprint density at radius 2 is 2.07 bits per heavy atom. The number of amides is 2. The number of rotatable bonds is 5. The van der Waals surface area contributed by atoms with E-state index in [2.05, 4.69) is 22.1 Å². The summed E-state index contributed by atoms with van der Waals surface area (Å²) >= 11 is 0. The van der Waals surface area contributed by atoms with Gasteiger partial charge in [-0.25, -0.2) is 0 Å². The third kappa shape index (κ3) is 5.58. The van der Waals surface area contributed by atoms with Gasteiger partial charge in [-0.1, -0.05) is 11.8 Å². The van der Waals surface area contributed by atoms with E-state index in [1.807, 2.05) is 29.2 Å². The van der Waals surface area contributed by atoms with Gasteiger partial charge in [0.15, 0.2) is 6.61 Å². The van der Waals surface area contributed by atoms with Gasteiger partial charge in [0, 0.05) is 30.4 Å². The summed E-state index contributed by atoms with van der Waals surface area (Å²) in [5.41, 5.74) is 1.75. The highest BCUT2D eigenvalue weighted by Gasteiger charge is 2.19. The number of hydrogen-bond donors (Lipinski definition) is 1. The number of ether oxygens (including phenoxy) is 1. The standard InChI is InChI=1S/C21H21N3O3/c25-20(16-27-19-6-4-12-22-15-19)23-13-3-5-17-8-10-18(11-9-17)24-14-2-1-7-21(24)26/h4,6,8-12,15H,1-2,7,13-14,16H2,(H,23,25). The van der Waals surface area contributed by atoms with Crippen molar-refractivity contribution in [2.45, 2.75) is 19.3 Å². The number of hydrogen-bond acceptors (Lipinski definition) is 4. The van der Waals surface area contributed by atoms with Gasteiger partial charge in [0.25, 0.3) is 5.91 Å². The van der Waals surface area contributed by atoms with Gasteiger partial charge in [-0.2, -0.15) is 0 Å². The summed E-state index contributed by atoms with van der Waals surface area (Å²) in [5, 5.41) is 2.68. The fraction of sp³-hybridized carbons (Fsp3) is 0.286. The number of carbonyl (C=O) groups excluding carboxylic acids is 2. The Balaban J connectivity index is 1.44. The van der Waals surface area contributed by atoms with Crippen LogP contribution in [0.3, 0.4) is 0 Å². The molecule has 0 saturated carbocycles. The summed E-state index contributed by atoms with van der Waals surface area (Å²) in [7, 11) is 0. The molecule has 1 aliphatic heterocycles. The lowest BCUT2D eigenvalue weighted by atomic mass is 10.1. The highest BCUT2D eigenvalue weighted by Crippen LogP contribution is 2.20. The first-order valence-corrected chi connectivity index (χ1v) is 8.91. The number of nitrogens with zero attached hydrogens (tertiary/aromatic N) is 2. The maximum atomic E-state index is 11.9. The summed E-state index contributed by atoms with van der Waals surface area (Å²) in [6.45, 7) is 0.935. The average molecular weight is 363 g/mol. The van der Waals surface area contributed by atoms with E-state index in [1.54, 1.807) is 24.5 Å². The van der Waals surface area contributed by atoms with E-state index in [9.17, 15) is 9.59 Å². The van der Waals surface area contributed by atoms with E-state index in [0.717, 1.165) is 30.6 Å². The van der Waals surface area contributed by atoms with Crippen LogP contribution in [0.5, 0.6) is 5.75 Å². The summed E-state index contributed by atoms with van der Waals surface area (Å²) in [6.07, 6.45) is 5.81. The second kappa shape index (κ2) is 9.39. The van der Waals surface area contributed by atoms with Crippen molar-refractivity contribution in [1.82, 2.24) is 10.3 Å². The number of benzene rings is 1. The predicted octanol–water partition coefficient (Wildman–Crippen LogP) is 2.15. The highest BCUT2D eigenvalue weighted by molar-refractivity contribution is 5.94. The van der Waals surface area contributed by atoms with Crippen molar-refractivity contribution >= 4 is 17.5 Å². The third-order valence-electron chi connectivity index (χ3n) is 4.11. The van der Waals surface area contributed by atoms with E-state index in [0.29, 0.717) is 12.2 Å². The second-order valence-electron chi connectivity index (χ2n) is 6.11. The Bertz CT molecular complexity index is 838. The molecule has 1 saturated heterocycles.